The van der Waals surface area contributed by atoms with Gasteiger partial charge in [0, 0.05) is 19.6 Å². The number of carbonyl (C=O) groups is 1. The minimum Gasteiger partial charge on any atom is -0.478 e. The molecule has 3 aromatic carbocycles. The maximum absolute atomic E-state index is 11.8. The smallest absolute Gasteiger partial charge is 0.337 e. The van der Waals surface area contributed by atoms with Crippen molar-refractivity contribution in [3.63, 3.8) is 0 Å². The zero-order chi connectivity index (χ0) is 22.2. The van der Waals surface area contributed by atoms with E-state index in [0.717, 1.165) is 41.7 Å². The second kappa shape index (κ2) is 8.22. The van der Waals surface area contributed by atoms with Crippen LogP contribution in [-0.4, -0.2) is 50.2 Å². The summed E-state index contributed by atoms with van der Waals surface area (Å²) in [5.74, 6) is -0.293. The van der Waals surface area contributed by atoms with Crippen LogP contribution in [0.5, 0.6) is 0 Å². The third-order valence-corrected chi connectivity index (χ3v) is 6.12. The summed E-state index contributed by atoms with van der Waals surface area (Å²) in [5.41, 5.74) is 6.71. The second-order valence-corrected chi connectivity index (χ2v) is 8.46. The van der Waals surface area contributed by atoms with Gasteiger partial charge in [-0.3, -0.25) is 4.90 Å². The molecule has 1 atom stereocenters. The molecular weight excluding hydrogens is 402 g/mol. The standard InChI is InChI=1S/C26H25N3O3/c1-16-27-24-13-20(12-23(26(31)32)25(24)28-16)17-6-8-18(9-7-17)22-5-3-2-4-19(22)14-29-11-10-21(30)15-29/h2-9,12-13,21,30H,10-11,14-15H2,1H3,(H,27,28)(H,31,32). The minimum atomic E-state index is -0.985. The van der Waals surface area contributed by atoms with Crippen molar-refractivity contribution in [2.45, 2.75) is 26.0 Å². The highest BCUT2D eigenvalue weighted by Gasteiger charge is 2.21. The van der Waals surface area contributed by atoms with Gasteiger partial charge in [0.05, 0.1) is 17.2 Å². The first-order valence-corrected chi connectivity index (χ1v) is 10.8. The summed E-state index contributed by atoms with van der Waals surface area (Å²) < 4.78 is 0. The Balaban J connectivity index is 1.47. The summed E-state index contributed by atoms with van der Waals surface area (Å²) >= 11 is 0. The van der Waals surface area contributed by atoms with Gasteiger partial charge in [-0.1, -0.05) is 48.5 Å². The van der Waals surface area contributed by atoms with Gasteiger partial charge in [0.25, 0.3) is 0 Å². The van der Waals surface area contributed by atoms with Gasteiger partial charge < -0.3 is 15.2 Å². The summed E-state index contributed by atoms with van der Waals surface area (Å²) in [4.78, 5) is 21.5. The molecule has 0 saturated carbocycles. The molecule has 0 bridgehead atoms. The number of aromatic nitrogens is 2. The van der Waals surface area contributed by atoms with Crippen LogP contribution in [0.3, 0.4) is 0 Å². The van der Waals surface area contributed by atoms with Crippen LogP contribution in [0, 0.1) is 6.92 Å². The van der Waals surface area contributed by atoms with Crippen LogP contribution < -0.4 is 0 Å². The first-order chi connectivity index (χ1) is 15.5. The van der Waals surface area contributed by atoms with Crippen molar-refractivity contribution in [1.82, 2.24) is 14.9 Å². The van der Waals surface area contributed by atoms with Gasteiger partial charge in [-0.05, 0) is 53.3 Å². The molecule has 162 valence electrons. The van der Waals surface area contributed by atoms with E-state index in [-0.39, 0.29) is 11.7 Å². The molecule has 6 nitrogen and oxygen atoms in total. The molecule has 0 radical (unpaired) electrons. The van der Waals surface area contributed by atoms with E-state index in [9.17, 15) is 15.0 Å². The van der Waals surface area contributed by atoms with Crippen molar-refractivity contribution in [2.24, 2.45) is 0 Å². The highest BCUT2D eigenvalue weighted by molar-refractivity contribution is 6.03. The molecule has 1 fully saturated rings. The Morgan fingerprint density at radius 2 is 1.84 bits per heavy atom. The number of imidazole rings is 1. The average Bonchev–Trinajstić information content (AvgIpc) is 3.37. The minimum absolute atomic E-state index is 0.198. The fraction of sp³-hybridized carbons (Fsp3) is 0.231. The Labute approximate surface area is 186 Å². The third kappa shape index (κ3) is 3.90. The maximum atomic E-state index is 11.8. The number of aromatic amines is 1. The van der Waals surface area contributed by atoms with E-state index >= 15 is 0 Å². The number of aryl methyl sites for hydroxylation is 1. The van der Waals surface area contributed by atoms with Crippen LogP contribution in [-0.2, 0) is 6.54 Å². The molecule has 1 unspecified atom stereocenters. The SMILES string of the molecule is Cc1nc2c(C(=O)O)cc(-c3ccc(-c4ccccc4CN4CCC(O)C4)cc3)cc2[nH]1. The molecule has 1 aliphatic heterocycles. The molecule has 1 aliphatic rings. The number of hydrogen-bond donors (Lipinski definition) is 3. The van der Waals surface area contributed by atoms with Crippen LogP contribution >= 0.6 is 0 Å². The third-order valence-electron chi connectivity index (χ3n) is 6.12. The number of rotatable bonds is 5. The Kier molecular flexibility index (Phi) is 5.25. The Morgan fingerprint density at radius 1 is 1.09 bits per heavy atom. The topological polar surface area (TPSA) is 89.4 Å². The summed E-state index contributed by atoms with van der Waals surface area (Å²) in [5, 5.41) is 19.5. The highest BCUT2D eigenvalue weighted by Crippen LogP contribution is 2.31. The van der Waals surface area contributed by atoms with Gasteiger partial charge in [-0.15, -0.1) is 0 Å². The molecule has 2 heterocycles. The van der Waals surface area contributed by atoms with Crippen LogP contribution in [0.2, 0.25) is 0 Å². The van der Waals surface area contributed by atoms with Gasteiger partial charge in [0.2, 0.25) is 0 Å². The molecule has 1 saturated heterocycles. The number of fused-ring (bicyclic) bond motifs is 1. The molecule has 32 heavy (non-hydrogen) atoms. The fourth-order valence-corrected chi connectivity index (χ4v) is 4.55. The van der Waals surface area contributed by atoms with Crippen molar-refractivity contribution in [2.75, 3.05) is 13.1 Å². The number of carboxylic acid groups (broad SMARTS) is 1. The lowest BCUT2D eigenvalue weighted by molar-refractivity contribution is 0.0699. The highest BCUT2D eigenvalue weighted by atomic mass is 16.4. The lowest BCUT2D eigenvalue weighted by Gasteiger charge is -2.18. The lowest BCUT2D eigenvalue weighted by Crippen LogP contribution is -2.21. The number of benzene rings is 3. The zero-order valence-corrected chi connectivity index (χ0v) is 17.9. The van der Waals surface area contributed by atoms with Crippen LogP contribution in [0.15, 0.2) is 60.7 Å². The monoisotopic (exact) mass is 427 g/mol. The van der Waals surface area contributed by atoms with Crippen molar-refractivity contribution in [3.05, 3.63) is 77.6 Å². The molecule has 0 spiro atoms. The molecule has 0 amide bonds. The van der Waals surface area contributed by atoms with Gasteiger partial charge in [-0.25, -0.2) is 9.78 Å². The van der Waals surface area contributed by atoms with Crippen molar-refractivity contribution in [3.8, 4) is 22.3 Å². The van der Waals surface area contributed by atoms with Gasteiger partial charge >= 0.3 is 5.97 Å². The first-order valence-electron chi connectivity index (χ1n) is 10.8. The van der Waals surface area contributed by atoms with Gasteiger partial charge in [-0.2, -0.15) is 0 Å². The predicted octanol–water partition coefficient (Wildman–Crippen LogP) is 4.47. The number of aromatic carboxylic acids is 1. The van der Waals surface area contributed by atoms with Crippen LogP contribution in [0.1, 0.15) is 28.2 Å². The molecule has 5 rings (SSSR count). The van der Waals surface area contributed by atoms with E-state index in [1.54, 1.807) is 6.07 Å². The second-order valence-electron chi connectivity index (χ2n) is 8.46. The zero-order valence-electron chi connectivity index (χ0n) is 17.9. The van der Waals surface area contributed by atoms with Crippen molar-refractivity contribution in [1.29, 1.82) is 0 Å². The van der Waals surface area contributed by atoms with E-state index < -0.39 is 5.97 Å². The number of hydrogen-bond acceptors (Lipinski definition) is 4. The van der Waals surface area contributed by atoms with E-state index in [1.807, 2.05) is 31.2 Å². The quantitative estimate of drug-likeness (QED) is 0.437. The van der Waals surface area contributed by atoms with Crippen molar-refractivity contribution >= 4 is 17.0 Å². The van der Waals surface area contributed by atoms with E-state index in [4.69, 9.17) is 0 Å². The normalized spacial score (nSPS) is 16.6. The fourth-order valence-electron chi connectivity index (χ4n) is 4.55. The predicted molar refractivity (Wildman–Crippen MR) is 125 cm³/mol. The van der Waals surface area contributed by atoms with Crippen LogP contribution in [0.4, 0.5) is 0 Å². The largest absolute Gasteiger partial charge is 0.478 e. The number of nitrogens with zero attached hydrogens (tertiary/aromatic N) is 2. The summed E-state index contributed by atoms with van der Waals surface area (Å²) in [6.45, 7) is 4.26. The lowest BCUT2D eigenvalue weighted by atomic mass is 9.96. The summed E-state index contributed by atoms with van der Waals surface area (Å²) in [7, 11) is 0. The number of β-amino-alcohol motifs (C(OH)–C–C–N with tert-alkyl or cyclic N) is 1. The molecular formula is C26H25N3O3. The Hall–Kier alpha value is -3.48. The maximum Gasteiger partial charge on any atom is 0.337 e. The Bertz CT molecular complexity index is 1290. The Morgan fingerprint density at radius 3 is 2.56 bits per heavy atom. The van der Waals surface area contributed by atoms with E-state index in [2.05, 4.69) is 45.2 Å². The number of nitrogens with one attached hydrogen (secondary N) is 1. The number of H-pyrrole nitrogens is 1. The van der Waals surface area contributed by atoms with Gasteiger partial charge in [0.15, 0.2) is 0 Å². The summed E-state index contributed by atoms with van der Waals surface area (Å²) in [6, 6.07) is 20.2. The molecule has 6 heteroatoms. The van der Waals surface area contributed by atoms with Crippen molar-refractivity contribution < 1.29 is 15.0 Å². The molecule has 3 N–H and O–H groups in total. The summed E-state index contributed by atoms with van der Waals surface area (Å²) in [6.07, 6.45) is 0.600. The molecule has 0 aliphatic carbocycles. The molecule has 1 aromatic heterocycles. The van der Waals surface area contributed by atoms with Gasteiger partial charge in [0.1, 0.15) is 11.3 Å². The number of aliphatic hydroxyl groups excluding tert-OH is 1. The first kappa shape index (κ1) is 20.4. The average molecular weight is 428 g/mol. The number of likely N-dealkylation sites (tertiary alicyclic amines) is 1. The van der Waals surface area contributed by atoms with E-state index in [1.165, 1.54) is 11.1 Å². The number of aliphatic hydroxyl groups is 1. The van der Waals surface area contributed by atoms with E-state index in [0.29, 0.717) is 17.9 Å². The van der Waals surface area contributed by atoms with Crippen LogP contribution in [0.25, 0.3) is 33.3 Å². The molecule has 4 aromatic rings. The number of carboxylic acids is 1.